The van der Waals surface area contributed by atoms with E-state index in [0.717, 1.165) is 28.3 Å². The van der Waals surface area contributed by atoms with E-state index in [1.54, 1.807) is 24.3 Å². The van der Waals surface area contributed by atoms with Gasteiger partial charge in [-0.1, -0.05) is 35.4 Å². The Morgan fingerprint density at radius 2 is 1.60 bits per heavy atom. The number of anilines is 1. The first kappa shape index (κ1) is 27.9. The summed E-state index contributed by atoms with van der Waals surface area (Å²) in [6.07, 6.45) is -6.79. The highest BCUT2D eigenvalue weighted by Crippen LogP contribution is 2.52. The summed E-state index contributed by atoms with van der Waals surface area (Å²) in [5, 5.41) is 21.6. The molecule has 4 aromatic rings. The van der Waals surface area contributed by atoms with Gasteiger partial charge in [-0.25, -0.2) is 28.3 Å². The molecule has 0 saturated carbocycles. The van der Waals surface area contributed by atoms with Gasteiger partial charge >= 0.3 is 7.82 Å². The summed E-state index contributed by atoms with van der Waals surface area (Å²) in [6, 6.07) is 12.8. The number of rotatable bonds is 9. The number of alkyl halides is 2. The normalized spacial score (nSPS) is 23.1. The van der Waals surface area contributed by atoms with Gasteiger partial charge in [0.2, 0.25) is 0 Å². The minimum Gasteiger partial charge on any atom is -0.395 e. The van der Waals surface area contributed by atoms with Crippen LogP contribution in [-0.2, 0) is 13.8 Å². The van der Waals surface area contributed by atoms with Crippen LogP contribution in [0.5, 0.6) is 11.5 Å². The Labute approximate surface area is 226 Å². The number of nitrogen functional groups attached to an aromatic ring is 1. The number of nitrogens with two attached hydrogens (primary N) is 1. The average molecular weight is 577 g/mol. The van der Waals surface area contributed by atoms with E-state index in [2.05, 4.69) is 15.0 Å². The predicted octanol–water partition coefficient (Wildman–Crippen LogP) is 3.56. The van der Waals surface area contributed by atoms with E-state index in [-0.39, 0.29) is 28.5 Å². The molecule has 4 atom stereocenters. The standard InChI is InChI=1S/C25H26F2N5O7P/c1-14-3-7-16(8-4-14)38-40(35,39-17-9-5-15(2)6-10-17)36-11-25(24(26)27)20(34)19(33)23(37-25)32-13-31-18-21(28)29-12-30-22(18)32/h3-10,12-13,19-20,23-24,33-34H,11H2,1-2H3,(H2,28,29,30)/t19-,20+,23-,25-/m1/s1. The summed E-state index contributed by atoms with van der Waals surface area (Å²) in [5.74, 6) is 0.183. The van der Waals surface area contributed by atoms with E-state index in [0.29, 0.717) is 0 Å². The minimum absolute atomic E-state index is 0.0164. The third-order valence-electron chi connectivity index (χ3n) is 6.41. The van der Waals surface area contributed by atoms with Gasteiger partial charge in [0.05, 0.1) is 12.9 Å². The molecule has 2 aromatic heterocycles. The van der Waals surface area contributed by atoms with Crippen LogP contribution in [0.3, 0.4) is 0 Å². The topological polar surface area (TPSA) is 164 Å². The third kappa shape index (κ3) is 5.23. The van der Waals surface area contributed by atoms with E-state index < -0.39 is 44.9 Å². The largest absolute Gasteiger partial charge is 0.587 e. The van der Waals surface area contributed by atoms with Gasteiger partial charge in [0.15, 0.2) is 23.3 Å². The van der Waals surface area contributed by atoms with Gasteiger partial charge in [0.1, 0.15) is 35.6 Å². The first-order chi connectivity index (χ1) is 19.0. The molecule has 2 aromatic carbocycles. The molecular weight excluding hydrogens is 551 g/mol. The van der Waals surface area contributed by atoms with Gasteiger partial charge in [-0.3, -0.25) is 9.09 Å². The Kier molecular flexibility index (Phi) is 7.46. The fraction of sp³-hybridized carbons (Fsp3) is 0.320. The molecule has 1 fully saturated rings. The zero-order valence-corrected chi connectivity index (χ0v) is 22.2. The van der Waals surface area contributed by atoms with Crippen LogP contribution in [0.2, 0.25) is 0 Å². The Bertz CT molecular complexity index is 1490. The summed E-state index contributed by atoms with van der Waals surface area (Å²) < 4.78 is 66.2. The van der Waals surface area contributed by atoms with Crippen molar-refractivity contribution < 1.29 is 41.9 Å². The lowest BCUT2D eigenvalue weighted by atomic mass is 9.96. The number of halogens is 2. The molecule has 0 spiro atoms. The van der Waals surface area contributed by atoms with Gasteiger partial charge < -0.3 is 29.7 Å². The number of aryl methyl sites for hydroxylation is 2. The zero-order valence-electron chi connectivity index (χ0n) is 21.3. The Morgan fingerprint density at radius 3 is 2.15 bits per heavy atom. The molecule has 0 amide bonds. The van der Waals surface area contributed by atoms with E-state index in [1.807, 2.05) is 13.8 Å². The van der Waals surface area contributed by atoms with E-state index >= 15 is 0 Å². The number of aliphatic hydroxyl groups is 2. The second kappa shape index (κ2) is 10.7. The number of hydrogen-bond donors (Lipinski definition) is 3. The van der Waals surface area contributed by atoms with Gasteiger partial charge in [-0.15, -0.1) is 0 Å². The highest BCUT2D eigenvalue weighted by molar-refractivity contribution is 7.49. The molecule has 4 N–H and O–H groups in total. The quantitative estimate of drug-likeness (QED) is 0.249. The van der Waals surface area contributed by atoms with Crippen LogP contribution in [0.1, 0.15) is 17.4 Å². The first-order valence-corrected chi connectivity index (χ1v) is 13.5. The van der Waals surface area contributed by atoms with Crippen LogP contribution >= 0.6 is 7.82 Å². The number of aromatic nitrogens is 4. The van der Waals surface area contributed by atoms with E-state index in [1.165, 1.54) is 24.3 Å². The van der Waals surface area contributed by atoms with Gasteiger partial charge in [0, 0.05) is 0 Å². The van der Waals surface area contributed by atoms with Crippen molar-refractivity contribution in [2.75, 3.05) is 12.3 Å². The molecule has 40 heavy (non-hydrogen) atoms. The van der Waals surface area contributed by atoms with E-state index in [9.17, 15) is 23.6 Å². The van der Waals surface area contributed by atoms with Crippen molar-refractivity contribution in [3.05, 3.63) is 72.3 Å². The minimum atomic E-state index is -4.66. The van der Waals surface area contributed by atoms with Crippen LogP contribution in [-0.4, -0.2) is 60.6 Å². The molecule has 1 aliphatic rings. The maximum absolute atomic E-state index is 14.6. The fourth-order valence-corrected chi connectivity index (χ4v) is 5.42. The second-order valence-corrected chi connectivity index (χ2v) is 10.8. The highest BCUT2D eigenvalue weighted by atomic mass is 31.2. The van der Waals surface area contributed by atoms with Gasteiger partial charge in [-0.05, 0) is 38.1 Å². The Hall–Kier alpha value is -3.68. The lowest BCUT2D eigenvalue weighted by Crippen LogP contribution is -2.52. The zero-order chi connectivity index (χ0) is 28.7. The Balaban J connectivity index is 1.45. The number of fused-ring (bicyclic) bond motifs is 1. The summed E-state index contributed by atoms with van der Waals surface area (Å²) in [5.41, 5.74) is 4.94. The second-order valence-electron chi connectivity index (χ2n) is 9.31. The summed E-state index contributed by atoms with van der Waals surface area (Å²) in [7, 11) is -4.66. The van der Waals surface area contributed by atoms with Crippen molar-refractivity contribution in [1.82, 2.24) is 19.5 Å². The smallest absolute Gasteiger partial charge is 0.395 e. The van der Waals surface area contributed by atoms with Crippen molar-refractivity contribution in [3.63, 3.8) is 0 Å². The molecule has 212 valence electrons. The van der Waals surface area contributed by atoms with Gasteiger partial charge in [-0.2, -0.15) is 0 Å². The van der Waals surface area contributed by atoms with Crippen molar-refractivity contribution >= 4 is 24.8 Å². The SMILES string of the molecule is Cc1ccc(OP(=O)(OC[C@@]2(C(F)F)O[C@@H](n3cnc4c(N)ncnc43)[C@H](O)[C@@H]2O)Oc2ccc(C)cc2)cc1. The number of phosphoric acid groups is 1. The van der Waals surface area contributed by atoms with Crippen molar-refractivity contribution in [1.29, 1.82) is 0 Å². The van der Waals surface area contributed by atoms with Crippen LogP contribution in [0.15, 0.2) is 61.2 Å². The predicted molar refractivity (Wildman–Crippen MR) is 138 cm³/mol. The third-order valence-corrected chi connectivity index (χ3v) is 7.73. The lowest BCUT2D eigenvalue weighted by Gasteiger charge is -2.31. The number of benzene rings is 2. The number of phosphoric ester groups is 1. The van der Waals surface area contributed by atoms with Crippen LogP contribution in [0, 0.1) is 13.8 Å². The first-order valence-electron chi connectivity index (χ1n) is 12.0. The summed E-state index contributed by atoms with van der Waals surface area (Å²) in [4.78, 5) is 11.9. The van der Waals surface area contributed by atoms with Crippen molar-refractivity contribution in [2.45, 2.75) is 44.3 Å². The number of nitrogens with zero attached hydrogens (tertiary/aromatic N) is 4. The molecule has 0 bridgehead atoms. The van der Waals surface area contributed by atoms with Crippen molar-refractivity contribution in [2.24, 2.45) is 0 Å². The maximum Gasteiger partial charge on any atom is 0.587 e. The monoisotopic (exact) mass is 577 g/mol. The molecule has 3 heterocycles. The van der Waals surface area contributed by atoms with Crippen LogP contribution in [0.25, 0.3) is 11.2 Å². The average Bonchev–Trinajstić information content (AvgIpc) is 3.46. The van der Waals surface area contributed by atoms with E-state index in [4.69, 9.17) is 24.0 Å². The van der Waals surface area contributed by atoms with Crippen LogP contribution in [0.4, 0.5) is 14.6 Å². The number of imidazole rings is 1. The number of ether oxygens (including phenoxy) is 1. The number of aliphatic hydroxyl groups excluding tert-OH is 2. The summed E-state index contributed by atoms with van der Waals surface area (Å²) >= 11 is 0. The summed E-state index contributed by atoms with van der Waals surface area (Å²) in [6.45, 7) is 2.48. The lowest BCUT2D eigenvalue weighted by molar-refractivity contribution is -0.192. The molecule has 12 nitrogen and oxygen atoms in total. The Morgan fingerprint density at radius 1 is 1.02 bits per heavy atom. The fourth-order valence-electron chi connectivity index (χ4n) is 4.16. The van der Waals surface area contributed by atoms with Gasteiger partial charge in [0.25, 0.3) is 6.43 Å². The molecule has 0 radical (unpaired) electrons. The molecular formula is C25H26F2N5O7P. The molecule has 0 aliphatic carbocycles. The van der Waals surface area contributed by atoms with Crippen LogP contribution < -0.4 is 14.8 Å². The molecule has 1 saturated heterocycles. The molecule has 5 rings (SSSR count). The molecule has 1 aliphatic heterocycles. The van der Waals surface area contributed by atoms with Crippen molar-refractivity contribution in [3.8, 4) is 11.5 Å². The molecule has 15 heteroatoms. The number of hydrogen-bond acceptors (Lipinski definition) is 11. The highest BCUT2D eigenvalue weighted by Gasteiger charge is 2.62. The molecule has 0 unspecified atom stereocenters. The maximum atomic E-state index is 14.6.